The van der Waals surface area contributed by atoms with Gasteiger partial charge in [-0.25, -0.2) is 0 Å². The quantitative estimate of drug-likeness (QED) is 0.241. The fourth-order valence-electron chi connectivity index (χ4n) is 2.14. The molecule has 0 fully saturated rings. The fourth-order valence-corrected chi connectivity index (χ4v) is 2.14. The van der Waals surface area contributed by atoms with Crippen molar-refractivity contribution >= 4 is 5.97 Å². The number of aliphatic hydroxyl groups excluding tert-OH is 2. The first-order valence-electron chi connectivity index (χ1n) is 11.8. The van der Waals surface area contributed by atoms with Gasteiger partial charge in [-0.1, -0.05) is 65.7 Å². The monoisotopic (exact) mass is 438 g/mol. The van der Waals surface area contributed by atoms with E-state index in [2.05, 4.69) is 13.8 Å². The highest BCUT2D eigenvalue weighted by molar-refractivity contribution is 5.66. The predicted octanol–water partition coefficient (Wildman–Crippen LogP) is 4.43. The molecule has 184 valence electrons. The van der Waals surface area contributed by atoms with Crippen molar-refractivity contribution in [1.82, 2.24) is 0 Å². The minimum Gasteiger partial charge on any atom is -0.481 e. The molecule has 30 heavy (non-hydrogen) atoms. The smallest absolute Gasteiger partial charge is 0.303 e. The van der Waals surface area contributed by atoms with E-state index in [0.29, 0.717) is 32.8 Å². The summed E-state index contributed by atoms with van der Waals surface area (Å²) >= 11 is 0. The van der Waals surface area contributed by atoms with Gasteiger partial charge in [-0.3, -0.25) is 4.79 Å². The van der Waals surface area contributed by atoms with Crippen LogP contribution in [0.25, 0.3) is 0 Å². The Morgan fingerprint density at radius 3 is 1.27 bits per heavy atom. The molecule has 7 heteroatoms. The van der Waals surface area contributed by atoms with E-state index >= 15 is 0 Å². The van der Waals surface area contributed by atoms with Crippen LogP contribution in [0.3, 0.4) is 0 Å². The largest absolute Gasteiger partial charge is 0.481 e. The van der Waals surface area contributed by atoms with Crippen molar-refractivity contribution in [1.29, 1.82) is 0 Å². The minimum absolute atomic E-state index is 0.0417. The molecule has 0 aliphatic carbocycles. The Morgan fingerprint density at radius 1 is 0.567 bits per heavy atom. The molecule has 0 saturated heterocycles. The number of hydrogen-bond donors (Lipinski definition) is 3. The van der Waals surface area contributed by atoms with Gasteiger partial charge in [0.1, 0.15) is 0 Å². The zero-order valence-electron chi connectivity index (χ0n) is 19.9. The van der Waals surface area contributed by atoms with Crippen LogP contribution in [0.5, 0.6) is 0 Å². The number of aliphatic carboxylic acids is 1. The maximum absolute atomic E-state index is 9.76. The van der Waals surface area contributed by atoms with Crippen molar-refractivity contribution in [2.24, 2.45) is 0 Å². The Kier molecular flexibility index (Phi) is 40.3. The number of hydrogen-bond acceptors (Lipinski definition) is 6. The van der Waals surface area contributed by atoms with E-state index in [4.69, 9.17) is 29.5 Å². The number of unbranched alkanes of at least 4 members (excludes halogenated alkanes) is 7. The van der Waals surface area contributed by atoms with Gasteiger partial charge in [-0.05, 0) is 19.3 Å². The van der Waals surface area contributed by atoms with Crippen LogP contribution >= 0.6 is 0 Å². The van der Waals surface area contributed by atoms with Gasteiger partial charge < -0.3 is 29.5 Å². The van der Waals surface area contributed by atoms with Crippen LogP contribution in [-0.4, -0.2) is 74.1 Å². The lowest BCUT2D eigenvalue weighted by molar-refractivity contribution is -0.137. The molecular formula is C23H50O7. The van der Waals surface area contributed by atoms with Gasteiger partial charge in [0, 0.05) is 19.6 Å². The second-order valence-corrected chi connectivity index (χ2v) is 6.90. The molecule has 0 atom stereocenters. The first-order chi connectivity index (χ1) is 14.6. The maximum atomic E-state index is 9.76. The molecule has 0 amide bonds. The normalized spacial score (nSPS) is 10.0. The van der Waals surface area contributed by atoms with Crippen molar-refractivity contribution in [3.63, 3.8) is 0 Å². The van der Waals surface area contributed by atoms with E-state index in [1.807, 2.05) is 6.92 Å². The highest BCUT2D eigenvalue weighted by Crippen LogP contribution is 2.01. The van der Waals surface area contributed by atoms with Crippen LogP contribution in [0.2, 0.25) is 0 Å². The summed E-state index contributed by atoms with van der Waals surface area (Å²) in [7, 11) is 0. The minimum atomic E-state index is -0.693. The number of carboxylic acid groups (broad SMARTS) is 1. The first-order valence-corrected chi connectivity index (χ1v) is 11.8. The highest BCUT2D eigenvalue weighted by Gasteiger charge is 1.91. The Morgan fingerprint density at radius 2 is 0.967 bits per heavy atom. The Bertz CT molecular complexity index is 271. The molecule has 7 nitrogen and oxygen atoms in total. The van der Waals surface area contributed by atoms with Crippen LogP contribution in [0.15, 0.2) is 0 Å². The molecule has 0 unspecified atom stereocenters. The van der Waals surface area contributed by atoms with Crippen molar-refractivity contribution in [2.45, 2.75) is 91.4 Å². The number of rotatable bonds is 20. The topological polar surface area (TPSA) is 105 Å². The van der Waals surface area contributed by atoms with Crippen LogP contribution in [0, 0.1) is 0 Å². The molecule has 0 spiro atoms. The van der Waals surface area contributed by atoms with E-state index in [1.54, 1.807) is 0 Å². The van der Waals surface area contributed by atoms with E-state index in [-0.39, 0.29) is 13.2 Å². The van der Waals surface area contributed by atoms with Gasteiger partial charge in [0.2, 0.25) is 0 Å². The van der Waals surface area contributed by atoms with Crippen molar-refractivity contribution in [3.8, 4) is 0 Å². The van der Waals surface area contributed by atoms with Crippen LogP contribution in [0.1, 0.15) is 91.4 Å². The van der Waals surface area contributed by atoms with E-state index in [9.17, 15) is 4.79 Å². The number of carbonyl (C=O) groups is 1. The summed E-state index contributed by atoms with van der Waals surface area (Å²) in [5.41, 5.74) is 0. The second kappa shape index (κ2) is 35.7. The Labute approximate surface area is 185 Å². The Hall–Kier alpha value is -0.730. The zero-order valence-corrected chi connectivity index (χ0v) is 19.9. The standard InChI is InChI=1S/C12H26O.C6H14O4.C5H10O2/c1-3-5-7-9-11-13-12-10-8-6-4-2;7-1-3-9-5-6-10-4-2-8;1-2-3-4-5(6)7/h3-12H2,1-2H3;7-8H,1-6H2;2-4H2,1H3,(H,6,7). The van der Waals surface area contributed by atoms with Gasteiger partial charge in [-0.2, -0.15) is 0 Å². The molecule has 0 aromatic heterocycles. The van der Waals surface area contributed by atoms with E-state index < -0.39 is 5.97 Å². The summed E-state index contributed by atoms with van der Waals surface area (Å²) in [5, 5.41) is 24.6. The molecule has 0 rings (SSSR count). The zero-order chi connectivity index (χ0) is 23.1. The van der Waals surface area contributed by atoms with Gasteiger partial charge in [0.15, 0.2) is 0 Å². The number of aliphatic hydroxyl groups is 2. The van der Waals surface area contributed by atoms with Gasteiger partial charge in [-0.15, -0.1) is 0 Å². The molecule has 0 heterocycles. The summed E-state index contributed by atoms with van der Waals surface area (Å²) in [6.07, 6.45) is 12.6. The Balaban J connectivity index is -0.000000383. The first kappa shape index (κ1) is 33.9. The molecule has 0 aliphatic heterocycles. The summed E-state index contributed by atoms with van der Waals surface area (Å²) in [6, 6.07) is 0. The van der Waals surface area contributed by atoms with Gasteiger partial charge in [0.25, 0.3) is 0 Å². The van der Waals surface area contributed by atoms with Gasteiger partial charge >= 0.3 is 5.97 Å². The molecule has 0 bridgehead atoms. The third-order valence-corrected chi connectivity index (χ3v) is 3.87. The molecule has 0 radical (unpaired) electrons. The molecule has 0 aliphatic rings. The van der Waals surface area contributed by atoms with E-state index in [0.717, 1.165) is 26.1 Å². The third kappa shape index (κ3) is 45.8. The van der Waals surface area contributed by atoms with Crippen LogP contribution in [-0.2, 0) is 19.0 Å². The van der Waals surface area contributed by atoms with Crippen molar-refractivity contribution < 1.29 is 34.3 Å². The van der Waals surface area contributed by atoms with Crippen molar-refractivity contribution in [3.05, 3.63) is 0 Å². The average Bonchev–Trinajstić information content (AvgIpc) is 2.74. The maximum Gasteiger partial charge on any atom is 0.303 e. The average molecular weight is 439 g/mol. The summed E-state index contributed by atoms with van der Waals surface area (Å²) < 4.78 is 15.3. The molecule has 0 aromatic carbocycles. The van der Waals surface area contributed by atoms with Gasteiger partial charge in [0.05, 0.1) is 39.6 Å². The lowest BCUT2D eigenvalue weighted by Gasteiger charge is -2.03. The fraction of sp³-hybridized carbons (Fsp3) is 0.957. The van der Waals surface area contributed by atoms with E-state index in [1.165, 1.54) is 51.4 Å². The summed E-state index contributed by atoms with van der Waals surface area (Å²) in [6.45, 7) is 10.1. The number of ether oxygens (including phenoxy) is 3. The SMILES string of the molecule is CCCCC(=O)O.CCCCCCOCCCCCC.OCCOCCOCCO. The molecule has 0 saturated carbocycles. The third-order valence-electron chi connectivity index (χ3n) is 3.87. The second-order valence-electron chi connectivity index (χ2n) is 6.90. The highest BCUT2D eigenvalue weighted by atomic mass is 16.5. The molecule has 0 aromatic rings. The predicted molar refractivity (Wildman–Crippen MR) is 122 cm³/mol. The van der Waals surface area contributed by atoms with Crippen LogP contribution < -0.4 is 0 Å². The molecule has 3 N–H and O–H groups in total. The summed E-state index contributed by atoms with van der Waals surface area (Å²) in [4.78, 5) is 9.76. The lowest BCUT2D eigenvalue weighted by atomic mass is 10.2. The summed E-state index contributed by atoms with van der Waals surface area (Å²) in [5.74, 6) is -0.693. The lowest BCUT2D eigenvalue weighted by Crippen LogP contribution is -2.09. The van der Waals surface area contributed by atoms with Crippen molar-refractivity contribution in [2.75, 3.05) is 52.9 Å². The molecular weight excluding hydrogens is 388 g/mol. The number of carboxylic acids is 1. The van der Waals surface area contributed by atoms with Crippen LogP contribution in [0.4, 0.5) is 0 Å².